The highest BCUT2D eigenvalue weighted by molar-refractivity contribution is 14.1. The van der Waals surface area contributed by atoms with Gasteiger partial charge in [-0.05, 0) is 57.8 Å². The summed E-state index contributed by atoms with van der Waals surface area (Å²) in [6, 6.07) is 13.4. The number of hydrogen-bond donors (Lipinski definition) is 1. The van der Waals surface area contributed by atoms with Gasteiger partial charge in [0.1, 0.15) is 6.04 Å². The van der Waals surface area contributed by atoms with Gasteiger partial charge in [-0.3, -0.25) is 19.7 Å². The second-order valence-corrected chi connectivity index (χ2v) is 7.42. The van der Waals surface area contributed by atoms with E-state index in [4.69, 9.17) is 0 Å². The van der Waals surface area contributed by atoms with Crippen LogP contribution in [0, 0.1) is 3.57 Å². The topological polar surface area (TPSA) is 66.5 Å². The molecule has 25 heavy (non-hydrogen) atoms. The van der Waals surface area contributed by atoms with Crippen LogP contribution in [0.4, 0.5) is 0 Å². The maximum absolute atomic E-state index is 12.8. The van der Waals surface area contributed by atoms with E-state index in [1.807, 2.05) is 42.5 Å². The smallest absolute Gasteiger partial charge is 0.255 e. The first-order chi connectivity index (χ1) is 12.0. The zero-order valence-corrected chi connectivity index (χ0v) is 15.4. The van der Waals surface area contributed by atoms with E-state index in [1.54, 1.807) is 4.90 Å². The molecule has 6 heteroatoms. The first kappa shape index (κ1) is 16.3. The predicted molar refractivity (Wildman–Crippen MR) is 101 cm³/mol. The molecule has 1 atom stereocenters. The molecule has 0 radical (unpaired) electrons. The second kappa shape index (κ2) is 6.25. The number of nitrogens with one attached hydrogen (secondary N) is 1. The molecule has 1 fully saturated rings. The van der Waals surface area contributed by atoms with Gasteiger partial charge < -0.3 is 4.90 Å². The Morgan fingerprint density at radius 1 is 1.04 bits per heavy atom. The summed E-state index contributed by atoms with van der Waals surface area (Å²) in [5.74, 6) is -0.788. The molecule has 2 aromatic rings. The molecule has 1 N–H and O–H groups in total. The Labute approximate surface area is 158 Å². The molecular formula is C19H15IN2O3. The maximum atomic E-state index is 12.8. The molecule has 0 saturated carbocycles. The van der Waals surface area contributed by atoms with Crippen molar-refractivity contribution in [3.05, 3.63) is 57.2 Å². The number of amides is 3. The normalized spacial score (nSPS) is 19.8. The summed E-state index contributed by atoms with van der Waals surface area (Å²) >= 11 is 2.24. The highest BCUT2D eigenvalue weighted by atomic mass is 127. The van der Waals surface area contributed by atoms with Crippen LogP contribution in [-0.4, -0.2) is 28.7 Å². The van der Waals surface area contributed by atoms with Crippen molar-refractivity contribution in [1.82, 2.24) is 10.2 Å². The highest BCUT2D eigenvalue weighted by Gasteiger charge is 2.39. The predicted octanol–water partition coefficient (Wildman–Crippen LogP) is 2.72. The van der Waals surface area contributed by atoms with Crippen LogP contribution < -0.4 is 5.32 Å². The molecule has 2 aromatic carbocycles. The Kier molecular flexibility index (Phi) is 4.07. The molecule has 0 aromatic heterocycles. The van der Waals surface area contributed by atoms with Gasteiger partial charge in [0.15, 0.2) is 0 Å². The lowest BCUT2D eigenvalue weighted by atomic mass is 10.0. The molecule has 0 aliphatic carbocycles. The van der Waals surface area contributed by atoms with Crippen molar-refractivity contribution in [2.75, 3.05) is 0 Å². The lowest BCUT2D eigenvalue weighted by molar-refractivity contribution is -0.136. The number of imide groups is 1. The van der Waals surface area contributed by atoms with Gasteiger partial charge in [0.05, 0.1) is 0 Å². The summed E-state index contributed by atoms with van der Waals surface area (Å²) in [6.45, 7) is 0.400. The van der Waals surface area contributed by atoms with Gasteiger partial charge in [-0.15, -0.1) is 0 Å². The van der Waals surface area contributed by atoms with E-state index >= 15 is 0 Å². The van der Waals surface area contributed by atoms with Crippen molar-refractivity contribution in [1.29, 1.82) is 0 Å². The van der Waals surface area contributed by atoms with Gasteiger partial charge in [0, 0.05) is 22.1 Å². The highest BCUT2D eigenvalue weighted by Crippen LogP contribution is 2.34. The number of carbonyl (C=O) groups excluding carboxylic acids is 3. The Morgan fingerprint density at radius 2 is 1.80 bits per heavy atom. The minimum Gasteiger partial charge on any atom is -0.322 e. The fraction of sp³-hybridized carbons (Fsp3) is 0.211. The summed E-state index contributed by atoms with van der Waals surface area (Å²) < 4.78 is 1.00. The number of fused-ring (bicyclic) bond motifs is 1. The van der Waals surface area contributed by atoms with Crippen LogP contribution in [0.25, 0.3) is 11.1 Å². The average molecular weight is 446 g/mol. The van der Waals surface area contributed by atoms with Gasteiger partial charge in [-0.1, -0.05) is 30.3 Å². The molecule has 0 bridgehead atoms. The Morgan fingerprint density at radius 3 is 2.52 bits per heavy atom. The van der Waals surface area contributed by atoms with E-state index < -0.39 is 6.04 Å². The molecule has 2 aliphatic rings. The van der Waals surface area contributed by atoms with Crippen LogP contribution in [0.15, 0.2) is 42.5 Å². The van der Waals surface area contributed by atoms with Gasteiger partial charge in [-0.25, -0.2) is 0 Å². The molecule has 5 nitrogen and oxygen atoms in total. The van der Waals surface area contributed by atoms with Crippen molar-refractivity contribution in [2.45, 2.75) is 25.4 Å². The fourth-order valence-corrected chi connectivity index (χ4v) is 4.21. The van der Waals surface area contributed by atoms with Crippen LogP contribution in [0.1, 0.15) is 28.8 Å². The van der Waals surface area contributed by atoms with E-state index in [-0.39, 0.29) is 24.1 Å². The maximum Gasteiger partial charge on any atom is 0.255 e. The molecule has 1 saturated heterocycles. The Bertz CT molecular complexity index is 895. The third kappa shape index (κ3) is 2.84. The van der Waals surface area contributed by atoms with Crippen molar-refractivity contribution in [3.8, 4) is 11.1 Å². The third-order valence-electron chi connectivity index (χ3n) is 4.70. The molecule has 3 amide bonds. The first-order valence-corrected chi connectivity index (χ1v) is 9.15. The second-order valence-electron chi connectivity index (χ2n) is 6.26. The van der Waals surface area contributed by atoms with Crippen LogP contribution in [0.2, 0.25) is 0 Å². The monoisotopic (exact) mass is 446 g/mol. The summed E-state index contributed by atoms with van der Waals surface area (Å²) in [5, 5.41) is 2.33. The number of piperidine rings is 1. The van der Waals surface area contributed by atoms with E-state index in [9.17, 15) is 14.4 Å². The molecule has 2 aliphatic heterocycles. The van der Waals surface area contributed by atoms with Gasteiger partial charge in [-0.2, -0.15) is 0 Å². The van der Waals surface area contributed by atoms with Crippen LogP contribution in [0.3, 0.4) is 0 Å². The van der Waals surface area contributed by atoms with E-state index in [2.05, 4.69) is 27.9 Å². The fourth-order valence-electron chi connectivity index (χ4n) is 3.43. The Hall–Kier alpha value is -2.22. The summed E-state index contributed by atoms with van der Waals surface area (Å²) in [6.07, 6.45) is 0.649. The van der Waals surface area contributed by atoms with Crippen LogP contribution in [0.5, 0.6) is 0 Å². The minimum atomic E-state index is -0.574. The lowest BCUT2D eigenvalue weighted by Gasteiger charge is -2.29. The number of benzene rings is 2. The lowest BCUT2D eigenvalue weighted by Crippen LogP contribution is -2.52. The first-order valence-electron chi connectivity index (χ1n) is 8.07. The van der Waals surface area contributed by atoms with E-state index in [0.29, 0.717) is 18.5 Å². The quantitative estimate of drug-likeness (QED) is 0.570. The minimum absolute atomic E-state index is 0.137. The zero-order valence-electron chi connectivity index (χ0n) is 13.3. The van der Waals surface area contributed by atoms with Gasteiger partial charge in [0.25, 0.3) is 5.91 Å². The van der Waals surface area contributed by atoms with Crippen molar-refractivity contribution < 1.29 is 14.4 Å². The van der Waals surface area contributed by atoms with Gasteiger partial charge in [0.2, 0.25) is 11.8 Å². The molecule has 2 heterocycles. The van der Waals surface area contributed by atoms with Crippen LogP contribution >= 0.6 is 22.6 Å². The van der Waals surface area contributed by atoms with E-state index in [1.165, 1.54) is 0 Å². The average Bonchev–Trinajstić information content (AvgIpc) is 2.91. The van der Waals surface area contributed by atoms with E-state index in [0.717, 1.165) is 20.3 Å². The zero-order chi connectivity index (χ0) is 17.6. The SMILES string of the molecule is O=C1CCC(N2Cc3cc(-c4ccccc4)c(I)cc3C2=O)C(=O)N1. The van der Waals surface area contributed by atoms with Crippen molar-refractivity contribution in [3.63, 3.8) is 0 Å². The number of nitrogens with zero attached hydrogens (tertiary/aromatic N) is 1. The Balaban J connectivity index is 1.68. The molecule has 4 rings (SSSR count). The third-order valence-corrected chi connectivity index (χ3v) is 5.59. The summed E-state index contributed by atoms with van der Waals surface area (Å²) in [4.78, 5) is 37.8. The number of rotatable bonds is 2. The van der Waals surface area contributed by atoms with Crippen molar-refractivity contribution in [2.24, 2.45) is 0 Å². The number of carbonyl (C=O) groups is 3. The summed E-state index contributed by atoms with van der Waals surface area (Å²) in [5.41, 5.74) is 3.75. The standard InChI is InChI=1S/C19H15IN2O3/c20-15-9-14-12(8-13(15)11-4-2-1-3-5-11)10-22(19(14)25)16-6-7-17(23)21-18(16)24/h1-5,8-9,16H,6-7,10H2,(H,21,23,24). The van der Waals surface area contributed by atoms with Crippen LogP contribution in [-0.2, 0) is 16.1 Å². The van der Waals surface area contributed by atoms with Crippen molar-refractivity contribution >= 4 is 40.3 Å². The molecule has 0 spiro atoms. The molecule has 1 unspecified atom stereocenters. The number of hydrogen-bond acceptors (Lipinski definition) is 3. The largest absolute Gasteiger partial charge is 0.322 e. The molecular weight excluding hydrogens is 431 g/mol. The molecule has 126 valence electrons. The number of halogens is 1. The van der Waals surface area contributed by atoms with Gasteiger partial charge >= 0.3 is 0 Å². The summed E-state index contributed by atoms with van der Waals surface area (Å²) in [7, 11) is 0.